The molecule has 3 rings (SSSR count). The number of amides is 1. The molecule has 1 fully saturated rings. The fourth-order valence-corrected chi connectivity index (χ4v) is 6.69. The summed E-state index contributed by atoms with van der Waals surface area (Å²) in [5.41, 5.74) is 0.447. The Morgan fingerprint density at radius 2 is 1.41 bits per heavy atom. The number of nitrogens with zero attached hydrogens (tertiary/aromatic N) is 2. The van der Waals surface area contributed by atoms with Crippen LogP contribution < -0.4 is 5.32 Å². The summed E-state index contributed by atoms with van der Waals surface area (Å²) < 4.78 is 54.6. The van der Waals surface area contributed by atoms with Crippen LogP contribution in [0.15, 0.2) is 63.2 Å². The molecule has 2 aromatic carbocycles. The fourth-order valence-electron chi connectivity index (χ4n) is 3.26. The van der Waals surface area contributed by atoms with E-state index in [2.05, 4.69) is 5.32 Å². The average molecular weight is 498 g/mol. The van der Waals surface area contributed by atoms with Gasteiger partial charge in [-0.1, -0.05) is 32.0 Å². The van der Waals surface area contributed by atoms with Crippen molar-refractivity contribution in [1.29, 1.82) is 0 Å². The van der Waals surface area contributed by atoms with Crippen LogP contribution in [-0.2, 0) is 24.8 Å². The molecule has 1 heterocycles. The number of anilines is 1. The van der Waals surface area contributed by atoms with Crippen molar-refractivity contribution in [3.05, 3.63) is 48.5 Å². The van der Waals surface area contributed by atoms with Crippen LogP contribution in [0.4, 0.5) is 5.69 Å². The molecule has 2 aromatic rings. The van der Waals surface area contributed by atoms with E-state index in [0.29, 0.717) is 5.69 Å². The molecular formula is C21H27N3O5S3. The molecular weight excluding hydrogens is 470 g/mol. The number of hydrogen-bond acceptors (Lipinski definition) is 6. The minimum atomic E-state index is -3.85. The second kappa shape index (κ2) is 9.92. The van der Waals surface area contributed by atoms with Gasteiger partial charge in [-0.05, 0) is 36.6 Å². The molecule has 0 unspecified atom stereocenters. The van der Waals surface area contributed by atoms with Crippen LogP contribution in [0.5, 0.6) is 0 Å². The average Bonchev–Trinajstić information content (AvgIpc) is 2.79. The summed E-state index contributed by atoms with van der Waals surface area (Å²) in [5, 5.41) is 2.79. The zero-order valence-corrected chi connectivity index (χ0v) is 20.6. The van der Waals surface area contributed by atoms with Crippen LogP contribution in [0.2, 0.25) is 0 Å². The van der Waals surface area contributed by atoms with Crippen molar-refractivity contribution in [2.75, 3.05) is 37.8 Å². The van der Waals surface area contributed by atoms with Crippen LogP contribution in [0.25, 0.3) is 0 Å². The van der Waals surface area contributed by atoms with Gasteiger partial charge in [0.25, 0.3) is 0 Å². The van der Waals surface area contributed by atoms with Gasteiger partial charge in [0.05, 0.1) is 15.5 Å². The Bertz CT molecular complexity index is 1170. The van der Waals surface area contributed by atoms with Crippen LogP contribution >= 0.6 is 11.8 Å². The van der Waals surface area contributed by atoms with E-state index in [1.54, 1.807) is 38.1 Å². The molecule has 0 saturated carbocycles. The van der Waals surface area contributed by atoms with Gasteiger partial charge in [0.15, 0.2) is 0 Å². The molecule has 0 aromatic heterocycles. The van der Waals surface area contributed by atoms with E-state index in [0.717, 1.165) is 4.90 Å². The Kier molecular flexibility index (Phi) is 7.66. The molecule has 0 atom stereocenters. The van der Waals surface area contributed by atoms with Crippen molar-refractivity contribution in [3.8, 4) is 0 Å². The highest BCUT2D eigenvalue weighted by molar-refractivity contribution is 7.98. The summed E-state index contributed by atoms with van der Waals surface area (Å²) in [6.45, 7) is 3.75. The fraction of sp³-hybridized carbons (Fsp3) is 0.381. The van der Waals surface area contributed by atoms with Crippen molar-refractivity contribution in [2.24, 2.45) is 5.92 Å². The van der Waals surface area contributed by atoms with Crippen LogP contribution in [0.1, 0.15) is 13.8 Å². The van der Waals surface area contributed by atoms with Gasteiger partial charge in [-0.3, -0.25) is 4.79 Å². The third-order valence-corrected chi connectivity index (χ3v) is 9.77. The van der Waals surface area contributed by atoms with Gasteiger partial charge < -0.3 is 5.32 Å². The Morgan fingerprint density at radius 3 is 1.91 bits per heavy atom. The lowest BCUT2D eigenvalue weighted by Gasteiger charge is -2.33. The maximum absolute atomic E-state index is 13.2. The van der Waals surface area contributed by atoms with Crippen LogP contribution in [0, 0.1) is 5.92 Å². The van der Waals surface area contributed by atoms with E-state index in [-0.39, 0.29) is 47.8 Å². The SMILES string of the molecule is CSc1ccc(S(=O)(=O)N2CCN(S(=O)(=O)c3ccccc3)CC2)cc1NC(=O)C(C)C. The molecule has 0 aliphatic carbocycles. The van der Waals surface area contributed by atoms with Crippen molar-refractivity contribution < 1.29 is 21.6 Å². The van der Waals surface area contributed by atoms with E-state index in [1.807, 2.05) is 6.26 Å². The molecule has 0 spiro atoms. The highest BCUT2D eigenvalue weighted by Crippen LogP contribution is 2.30. The first-order valence-electron chi connectivity index (χ1n) is 10.1. The van der Waals surface area contributed by atoms with Crippen LogP contribution in [0.3, 0.4) is 0 Å². The molecule has 1 saturated heterocycles. The molecule has 1 N–H and O–H groups in total. The molecule has 1 amide bonds. The maximum Gasteiger partial charge on any atom is 0.243 e. The lowest BCUT2D eigenvalue weighted by molar-refractivity contribution is -0.118. The van der Waals surface area contributed by atoms with Gasteiger partial charge in [0, 0.05) is 37.0 Å². The summed E-state index contributed by atoms with van der Waals surface area (Å²) in [6, 6.07) is 12.8. The molecule has 0 bridgehead atoms. The monoisotopic (exact) mass is 497 g/mol. The largest absolute Gasteiger partial charge is 0.325 e. The summed E-state index contributed by atoms with van der Waals surface area (Å²) in [6.07, 6.45) is 1.85. The van der Waals surface area contributed by atoms with E-state index in [9.17, 15) is 21.6 Å². The van der Waals surface area contributed by atoms with E-state index in [4.69, 9.17) is 0 Å². The highest BCUT2D eigenvalue weighted by atomic mass is 32.2. The second-order valence-corrected chi connectivity index (χ2v) is 12.4. The zero-order valence-electron chi connectivity index (χ0n) is 18.2. The molecule has 1 aliphatic heterocycles. The predicted molar refractivity (Wildman–Crippen MR) is 126 cm³/mol. The first kappa shape index (κ1) is 24.7. The van der Waals surface area contributed by atoms with E-state index >= 15 is 0 Å². The first-order valence-corrected chi connectivity index (χ1v) is 14.2. The Balaban J connectivity index is 1.79. The van der Waals surface area contributed by atoms with Gasteiger partial charge in [-0.25, -0.2) is 16.8 Å². The Labute approximate surface area is 194 Å². The third-order valence-electron chi connectivity index (χ3n) is 5.17. The van der Waals surface area contributed by atoms with Crippen molar-refractivity contribution in [2.45, 2.75) is 28.5 Å². The lowest BCUT2D eigenvalue weighted by Crippen LogP contribution is -2.50. The molecule has 8 nitrogen and oxygen atoms in total. The Hall–Kier alpha value is -1.92. The van der Waals surface area contributed by atoms with E-state index in [1.165, 1.54) is 44.6 Å². The number of carbonyl (C=O) groups excluding carboxylic acids is 1. The van der Waals surface area contributed by atoms with Crippen molar-refractivity contribution >= 4 is 43.4 Å². The Morgan fingerprint density at radius 1 is 0.875 bits per heavy atom. The number of carbonyl (C=O) groups is 1. The second-order valence-electron chi connectivity index (χ2n) is 7.63. The number of hydrogen-bond donors (Lipinski definition) is 1. The van der Waals surface area contributed by atoms with Gasteiger partial charge in [0.2, 0.25) is 26.0 Å². The van der Waals surface area contributed by atoms with Crippen molar-refractivity contribution in [3.63, 3.8) is 0 Å². The molecule has 1 aliphatic rings. The third kappa shape index (κ3) is 5.18. The number of thioether (sulfide) groups is 1. The van der Waals surface area contributed by atoms with Gasteiger partial charge in [-0.2, -0.15) is 8.61 Å². The van der Waals surface area contributed by atoms with Crippen LogP contribution in [-0.4, -0.2) is 63.8 Å². The van der Waals surface area contributed by atoms with Gasteiger partial charge in [0.1, 0.15) is 0 Å². The predicted octanol–water partition coefficient (Wildman–Crippen LogP) is 2.70. The van der Waals surface area contributed by atoms with Gasteiger partial charge >= 0.3 is 0 Å². The van der Waals surface area contributed by atoms with Crippen molar-refractivity contribution in [1.82, 2.24) is 8.61 Å². The summed E-state index contributed by atoms with van der Waals surface area (Å²) in [7, 11) is -7.52. The summed E-state index contributed by atoms with van der Waals surface area (Å²) in [5.74, 6) is -0.445. The summed E-state index contributed by atoms with van der Waals surface area (Å²) in [4.78, 5) is 13.2. The standard InChI is InChI=1S/C21H27N3O5S3/c1-16(2)21(25)22-19-15-18(9-10-20(19)30-3)32(28,29)24-13-11-23(12-14-24)31(26,27)17-7-5-4-6-8-17/h4-10,15-16H,11-14H2,1-3H3,(H,22,25). The molecule has 11 heteroatoms. The number of piperazine rings is 1. The quantitative estimate of drug-likeness (QED) is 0.590. The highest BCUT2D eigenvalue weighted by Gasteiger charge is 2.34. The number of sulfonamides is 2. The molecule has 0 radical (unpaired) electrons. The maximum atomic E-state index is 13.2. The molecule has 32 heavy (non-hydrogen) atoms. The minimum Gasteiger partial charge on any atom is -0.325 e. The van der Waals surface area contributed by atoms with Gasteiger partial charge in [-0.15, -0.1) is 11.8 Å². The number of nitrogens with one attached hydrogen (secondary N) is 1. The van der Waals surface area contributed by atoms with E-state index < -0.39 is 20.0 Å². The normalized spacial score (nSPS) is 16.2. The minimum absolute atomic E-state index is 0.0480. The first-order chi connectivity index (χ1) is 15.1. The summed E-state index contributed by atoms with van der Waals surface area (Å²) >= 11 is 1.41. The molecule has 174 valence electrons. The number of rotatable bonds is 7. The number of benzene rings is 2. The lowest BCUT2D eigenvalue weighted by atomic mass is 10.2. The smallest absolute Gasteiger partial charge is 0.243 e. The topological polar surface area (TPSA) is 104 Å². The zero-order chi connectivity index (χ0) is 23.5.